The van der Waals surface area contributed by atoms with Gasteiger partial charge in [-0.1, -0.05) is 23.2 Å². The highest BCUT2D eigenvalue weighted by atomic mass is 35.5. The fourth-order valence-electron chi connectivity index (χ4n) is 2.34. The molecule has 0 aliphatic rings. The highest BCUT2D eigenvalue weighted by Crippen LogP contribution is 2.21. The maximum absolute atomic E-state index is 12.2. The minimum Gasteiger partial charge on any atom is -0.273 e. The van der Waals surface area contributed by atoms with Gasteiger partial charge in [0.1, 0.15) is 0 Å². The van der Waals surface area contributed by atoms with Gasteiger partial charge in [0.25, 0.3) is 0 Å². The lowest BCUT2D eigenvalue weighted by molar-refractivity contribution is 0.0854. The standard InChI is InChI=1S/C15H18Cl2N4O2/c1-8-14(16)10(3)20(18-8)12(22)6-5-7-13(23)21-11(4)15(17)9(2)19-21/h5-7H2,1-4H3. The first kappa shape index (κ1) is 17.7. The first-order chi connectivity index (χ1) is 10.7. The van der Waals surface area contributed by atoms with Crippen LogP contribution in [0.3, 0.4) is 0 Å². The fraction of sp³-hybridized carbons (Fsp3) is 0.467. The SMILES string of the molecule is Cc1nn(C(=O)CCCC(=O)n2nc(C)c(Cl)c2C)c(C)c1Cl. The minimum atomic E-state index is -0.184. The maximum Gasteiger partial charge on any atom is 0.247 e. The summed E-state index contributed by atoms with van der Waals surface area (Å²) < 4.78 is 2.59. The summed E-state index contributed by atoms with van der Waals surface area (Å²) in [6, 6.07) is 0. The zero-order chi connectivity index (χ0) is 17.3. The van der Waals surface area contributed by atoms with E-state index < -0.39 is 0 Å². The smallest absolute Gasteiger partial charge is 0.247 e. The van der Waals surface area contributed by atoms with Gasteiger partial charge in [-0.05, 0) is 34.1 Å². The largest absolute Gasteiger partial charge is 0.273 e. The molecule has 0 unspecified atom stereocenters. The number of hydrogen-bond acceptors (Lipinski definition) is 4. The van der Waals surface area contributed by atoms with Crippen LogP contribution in [-0.4, -0.2) is 31.4 Å². The molecule has 0 aromatic carbocycles. The summed E-state index contributed by atoms with van der Waals surface area (Å²) >= 11 is 12.1. The van der Waals surface area contributed by atoms with Crippen molar-refractivity contribution < 1.29 is 9.59 Å². The zero-order valence-corrected chi connectivity index (χ0v) is 15.0. The number of aromatic nitrogens is 4. The molecule has 0 spiro atoms. The van der Waals surface area contributed by atoms with E-state index in [1.165, 1.54) is 9.36 Å². The summed E-state index contributed by atoms with van der Waals surface area (Å²) in [5, 5.41) is 9.20. The van der Waals surface area contributed by atoms with E-state index in [2.05, 4.69) is 10.2 Å². The van der Waals surface area contributed by atoms with Crippen molar-refractivity contribution in [2.45, 2.75) is 47.0 Å². The quantitative estimate of drug-likeness (QED) is 0.835. The molecule has 2 aromatic heterocycles. The van der Waals surface area contributed by atoms with E-state index in [0.29, 0.717) is 39.2 Å². The normalized spacial score (nSPS) is 11.0. The van der Waals surface area contributed by atoms with E-state index in [-0.39, 0.29) is 24.7 Å². The van der Waals surface area contributed by atoms with Gasteiger partial charge in [-0.3, -0.25) is 9.59 Å². The van der Waals surface area contributed by atoms with Crippen LogP contribution in [0.2, 0.25) is 10.0 Å². The summed E-state index contributed by atoms with van der Waals surface area (Å²) in [5.41, 5.74) is 2.47. The average Bonchev–Trinajstić information content (AvgIpc) is 2.92. The van der Waals surface area contributed by atoms with Gasteiger partial charge in [-0.2, -0.15) is 10.2 Å². The van der Waals surface area contributed by atoms with Crippen LogP contribution in [0, 0.1) is 27.7 Å². The lowest BCUT2D eigenvalue weighted by Crippen LogP contribution is -2.17. The Balaban J connectivity index is 1.96. The summed E-state index contributed by atoms with van der Waals surface area (Å²) in [6.45, 7) is 6.97. The first-order valence-electron chi connectivity index (χ1n) is 7.23. The molecule has 0 amide bonds. The molecule has 2 rings (SSSR count). The molecule has 0 atom stereocenters. The van der Waals surface area contributed by atoms with Crippen molar-refractivity contribution in [1.82, 2.24) is 19.6 Å². The molecule has 0 saturated carbocycles. The van der Waals surface area contributed by atoms with E-state index in [1.54, 1.807) is 27.7 Å². The summed E-state index contributed by atoms with van der Waals surface area (Å²) in [6.07, 6.45) is 0.817. The predicted molar refractivity (Wildman–Crippen MR) is 88.5 cm³/mol. The van der Waals surface area contributed by atoms with Gasteiger partial charge >= 0.3 is 0 Å². The third-order valence-corrected chi connectivity index (χ3v) is 4.75. The van der Waals surface area contributed by atoms with Crippen molar-refractivity contribution in [1.29, 1.82) is 0 Å². The van der Waals surface area contributed by atoms with Gasteiger partial charge in [0.15, 0.2) is 0 Å². The first-order valence-corrected chi connectivity index (χ1v) is 7.99. The Hall–Kier alpha value is -1.66. The molecular weight excluding hydrogens is 339 g/mol. The predicted octanol–water partition coefficient (Wildman–Crippen LogP) is 3.77. The molecule has 8 heteroatoms. The lowest BCUT2D eigenvalue weighted by Gasteiger charge is -2.04. The molecule has 0 radical (unpaired) electrons. The Morgan fingerprint density at radius 2 is 1.17 bits per heavy atom. The molecule has 0 bridgehead atoms. The molecule has 0 fully saturated rings. The monoisotopic (exact) mass is 356 g/mol. The molecule has 0 aliphatic heterocycles. The minimum absolute atomic E-state index is 0.184. The number of carbonyl (C=O) groups excluding carboxylic acids is 2. The third-order valence-electron chi connectivity index (χ3n) is 3.66. The highest BCUT2D eigenvalue weighted by molar-refractivity contribution is 6.32. The van der Waals surface area contributed by atoms with E-state index in [0.717, 1.165) is 0 Å². The van der Waals surface area contributed by atoms with Crippen LogP contribution in [-0.2, 0) is 0 Å². The van der Waals surface area contributed by atoms with Crippen LogP contribution in [0.15, 0.2) is 0 Å². The van der Waals surface area contributed by atoms with Crippen LogP contribution in [0.25, 0.3) is 0 Å². The molecule has 0 N–H and O–H groups in total. The van der Waals surface area contributed by atoms with Crippen molar-refractivity contribution in [2.24, 2.45) is 0 Å². The molecule has 0 saturated heterocycles. The zero-order valence-electron chi connectivity index (χ0n) is 13.5. The molecule has 124 valence electrons. The number of halogens is 2. The van der Waals surface area contributed by atoms with Gasteiger partial charge in [-0.15, -0.1) is 0 Å². The van der Waals surface area contributed by atoms with Crippen LogP contribution in [0.5, 0.6) is 0 Å². The highest BCUT2D eigenvalue weighted by Gasteiger charge is 2.17. The second-order valence-corrected chi connectivity index (χ2v) is 6.19. The average molecular weight is 357 g/mol. The summed E-state index contributed by atoms with van der Waals surface area (Å²) in [7, 11) is 0. The number of rotatable bonds is 4. The second kappa shape index (κ2) is 6.84. The lowest BCUT2D eigenvalue weighted by atomic mass is 10.2. The number of carbonyl (C=O) groups is 2. The van der Waals surface area contributed by atoms with Crippen LogP contribution in [0.4, 0.5) is 0 Å². The van der Waals surface area contributed by atoms with Crippen molar-refractivity contribution in [3.05, 3.63) is 32.8 Å². The molecule has 2 heterocycles. The van der Waals surface area contributed by atoms with Crippen molar-refractivity contribution in [3.63, 3.8) is 0 Å². The Morgan fingerprint density at radius 1 is 0.826 bits per heavy atom. The van der Waals surface area contributed by atoms with Gasteiger partial charge in [0, 0.05) is 12.8 Å². The number of hydrogen-bond donors (Lipinski definition) is 0. The van der Waals surface area contributed by atoms with Gasteiger partial charge in [0.2, 0.25) is 11.8 Å². The Bertz CT molecular complexity index is 713. The maximum atomic E-state index is 12.2. The van der Waals surface area contributed by atoms with E-state index in [1.807, 2.05) is 0 Å². The van der Waals surface area contributed by atoms with Crippen molar-refractivity contribution in [2.75, 3.05) is 0 Å². The summed E-state index contributed by atoms with van der Waals surface area (Å²) in [5.74, 6) is -0.367. The van der Waals surface area contributed by atoms with Crippen molar-refractivity contribution in [3.8, 4) is 0 Å². The molecule has 23 heavy (non-hydrogen) atoms. The Labute approximate surface area is 144 Å². The Morgan fingerprint density at radius 3 is 1.43 bits per heavy atom. The van der Waals surface area contributed by atoms with Crippen LogP contribution < -0.4 is 0 Å². The van der Waals surface area contributed by atoms with E-state index >= 15 is 0 Å². The van der Waals surface area contributed by atoms with E-state index in [4.69, 9.17) is 23.2 Å². The molecule has 0 aliphatic carbocycles. The summed E-state index contributed by atoms with van der Waals surface area (Å²) in [4.78, 5) is 24.3. The van der Waals surface area contributed by atoms with Crippen LogP contribution in [0.1, 0.15) is 51.6 Å². The van der Waals surface area contributed by atoms with Crippen molar-refractivity contribution >= 4 is 35.0 Å². The van der Waals surface area contributed by atoms with Gasteiger partial charge < -0.3 is 0 Å². The fourth-order valence-corrected chi connectivity index (χ4v) is 2.57. The molecule has 6 nitrogen and oxygen atoms in total. The second-order valence-electron chi connectivity index (χ2n) is 5.43. The third kappa shape index (κ3) is 3.48. The Kier molecular flexibility index (Phi) is 5.26. The number of aryl methyl sites for hydroxylation is 2. The van der Waals surface area contributed by atoms with Crippen LogP contribution >= 0.6 is 23.2 Å². The molecular formula is C15H18Cl2N4O2. The van der Waals surface area contributed by atoms with Gasteiger partial charge in [-0.25, -0.2) is 9.36 Å². The number of nitrogens with zero attached hydrogens (tertiary/aromatic N) is 4. The topological polar surface area (TPSA) is 69.8 Å². The molecule has 2 aromatic rings. The van der Waals surface area contributed by atoms with Gasteiger partial charge in [0.05, 0.1) is 32.8 Å². The van der Waals surface area contributed by atoms with E-state index in [9.17, 15) is 9.59 Å².